The number of amides is 2. The summed E-state index contributed by atoms with van der Waals surface area (Å²) in [6.45, 7) is 5.60. The lowest BCUT2D eigenvalue weighted by Crippen LogP contribution is -2.47. The van der Waals surface area contributed by atoms with Crippen LogP contribution in [0.2, 0.25) is 0 Å². The maximum Gasteiger partial charge on any atom is 0.236 e. The van der Waals surface area contributed by atoms with Gasteiger partial charge in [0.05, 0.1) is 12.5 Å². The second-order valence-corrected chi connectivity index (χ2v) is 5.67. The molecule has 6 heteroatoms. The summed E-state index contributed by atoms with van der Waals surface area (Å²) < 4.78 is 0. The maximum absolute atomic E-state index is 12.3. The van der Waals surface area contributed by atoms with Gasteiger partial charge >= 0.3 is 0 Å². The summed E-state index contributed by atoms with van der Waals surface area (Å²) in [5.74, 6) is 0.333. The number of hydrogen-bond donors (Lipinski definition) is 2. The number of piperidine rings is 1. The van der Waals surface area contributed by atoms with Gasteiger partial charge < -0.3 is 15.5 Å². The Balaban J connectivity index is 1.82. The van der Waals surface area contributed by atoms with Gasteiger partial charge in [-0.2, -0.15) is 0 Å². The number of hydrogen-bond acceptors (Lipinski definition) is 4. The summed E-state index contributed by atoms with van der Waals surface area (Å²) in [4.78, 5) is 28.1. The van der Waals surface area contributed by atoms with Crippen molar-refractivity contribution < 1.29 is 9.59 Å². The molecular weight excluding hydrogens is 256 g/mol. The van der Waals surface area contributed by atoms with Crippen molar-refractivity contribution in [2.24, 2.45) is 5.92 Å². The van der Waals surface area contributed by atoms with Crippen LogP contribution in [-0.2, 0) is 9.59 Å². The topological polar surface area (TPSA) is 64.7 Å². The van der Waals surface area contributed by atoms with Crippen LogP contribution in [0.25, 0.3) is 0 Å². The molecule has 1 atom stereocenters. The number of carbonyl (C=O) groups is 2. The van der Waals surface area contributed by atoms with Crippen LogP contribution in [0.15, 0.2) is 0 Å². The van der Waals surface area contributed by atoms with Gasteiger partial charge in [0.15, 0.2) is 0 Å². The first-order valence-electron chi connectivity index (χ1n) is 7.63. The Kier molecular flexibility index (Phi) is 5.79. The van der Waals surface area contributed by atoms with E-state index in [-0.39, 0.29) is 17.7 Å². The van der Waals surface area contributed by atoms with Gasteiger partial charge in [-0.3, -0.25) is 14.5 Å². The van der Waals surface area contributed by atoms with Crippen LogP contribution in [0.4, 0.5) is 0 Å². The lowest BCUT2D eigenvalue weighted by atomic mass is 9.97. The Morgan fingerprint density at radius 1 is 1.20 bits per heavy atom. The second kappa shape index (κ2) is 7.59. The molecule has 2 saturated heterocycles. The van der Waals surface area contributed by atoms with Crippen LogP contribution >= 0.6 is 0 Å². The number of carbonyl (C=O) groups excluding carboxylic acids is 2. The monoisotopic (exact) mass is 282 g/mol. The van der Waals surface area contributed by atoms with E-state index in [1.165, 1.54) is 0 Å². The molecule has 114 valence electrons. The highest BCUT2D eigenvalue weighted by Gasteiger charge is 2.27. The number of nitrogens with zero attached hydrogens (tertiary/aromatic N) is 2. The number of likely N-dealkylation sites (tertiary alicyclic amines) is 1. The first kappa shape index (κ1) is 15.3. The fourth-order valence-electron chi connectivity index (χ4n) is 3.00. The van der Waals surface area contributed by atoms with Gasteiger partial charge in [-0.25, -0.2) is 0 Å². The quantitative estimate of drug-likeness (QED) is 0.716. The highest BCUT2D eigenvalue weighted by molar-refractivity contribution is 5.80. The Labute approximate surface area is 120 Å². The van der Waals surface area contributed by atoms with Gasteiger partial charge in [-0.05, 0) is 32.4 Å². The first-order valence-corrected chi connectivity index (χ1v) is 7.63. The molecular formula is C14H26N4O2. The zero-order valence-corrected chi connectivity index (χ0v) is 12.4. The molecule has 0 aromatic rings. The Morgan fingerprint density at radius 2 is 2.05 bits per heavy atom. The van der Waals surface area contributed by atoms with Gasteiger partial charge in [0.1, 0.15) is 0 Å². The molecule has 2 amide bonds. The van der Waals surface area contributed by atoms with Crippen LogP contribution in [0.5, 0.6) is 0 Å². The fourth-order valence-corrected chi connectivity index (χ4v) is 3.00. The molecule has 2 aliphatic rings. The van der Waals surface area contributed by atoms with Crippen molar-refractivity contribution in [2.45, 2.75) is 19.3 Å². The zero-order chi connectivity index (χ0) is 14.4. The van der Waals surface area contributed by atoms with E-state index in [2.05, 4.69) is 15.5 Å². The molecule has 0 radical (unpaired) electrons. The Morgan fingerprint density at radius 3 is 2.85 bits per heavy atom. The molecule has 20 heavy (non-hydrogen) atoms. The molecule has 2 heterocycles. The molecule has 0 aliphatic carbocycles. The van der Waals surface area contributed by atoms with Crippen molar-refractivity contribution in [3.63, 3.8) is 0 Å². The van der Waals surface area contributed by atoms with Crippen LogP contribution in [0, 0.1) is 5.92 Å². The van der Waals surface area contributed by atoms with E-state index in [9.17, 15) is 9.59 Å². The molecule has 2 rings (SSSR count). The third-order valence-electron chi connectivity index (χ3n) is 4.17. The van der Waals surface area contributed by atoms with Crippen LogP contribution in [0.3, 0.4) is 0 Å². The molecule has 6 nitrogen and oxygen atoms in total. The van der Waals surface area contributed by atoms with E-state index in [0.717, 1.165) is 52.0 Å². The van der Waals surface area contributed by atoms with Crippen molar-refractivity contribution in [1.82, 2.24) is 20.4 Å². The normalized spacial score (nSPS) is 25.1. The summed E-state index contributed by atoms with van der Waals surface area (Å²) in [6, 6.07) is 0. The van der Waals surface area contributed by atoms with Crippen molar-refractivity contribution in [3.05, 3.63) is 0 Å². The van der Waals surface area contributed by atoms with Gasteiger partial charge in [0, 0.05) is 33.2 Å². The van der Waals surface area contributed by atoms with Crippen LogP contribution in [-0.4, -0.2) is 74.5 Å². The Hall–Kier alpha value is -1.14. The molecule has 0 spiro atoms. The molecule has 2 aliphatic heterocycles. The average molecular weight is 282 g/mol. The SMILES string of the molecule is CNC(=O)C1CCCN(CC(=O)N2CCCNCC2)C1. The molecule has 2 N–H and O–H groups in total. The highest BCUT2D eigenvalue weighted by atomic mass is 16.2. The third kappa shape index (κ3) is 4.18. The van der Waals surface area contributed by atoms with E-state index >= 15 is 0 Å². The second-order valence-electron chi connectivity index (χ2n) is 5.67. The molecule has 0 bridgehead atoms. The van der Waals surface area contributed by atoms with E-state index in [1.807, 2.05) is 4.90 Å². The summed E-state index contributed by atoms with van der Waals surface area (Å²) in [6.07, 6.45) is 2.94. The zero-order valence-electron chi connectivity index (χ0n) is 12.4. The number of rotatable bonds is 3. The van der Waals surface area contributed by atoms with Crippen molar-refractivity contribution in [1.29, 1.82) is 0 Å². The predicted molar refractivity (Wildman–Crippen MR) is 77.3 cm³/mol. The van der Waals surface area contributed by atoms with E-state index < -0.39 is 0 Å². The lowest BCUT2D eigenvalue weighted by molar-refractivity contribution is -0.134. The summed E-state index contributed by atoms with van der Waals surface area (Å²) in [7, 11) is 1.68. The van der Waals surface area contributed by atoms with Gasteiger partial charge in [0.25, 0.3) is 0 Å². The molecule has 0 saturated carbocycles. The van der Waals surface area contributed by atoms with Crippen molar-refractivity contribution in [2.75, 3.05) is 52.9 Å². The lowest BCUT2D eigenvalue weighted by Gasteiger charge is -2.32. The number of nitrogens with one attached hydrogen (secondary N) is 2. The van der Waals surface area contributed by atoms with E-state index in [0.29, 0.717) is 13.1 Å². The molecule has 0 aromatic carbocycles. The predicted octanol–water partition coefficient (Wildman–Crippen LogP) is -0.734. The van der Waals surface area contributed by atoms with Crippen molar-refractivity contribution in [3.8, 4) is 0 Å². The summed E-state index contributed by atoms with van der Waals surface area (Å²) in [5.41, 5.74) is 0. The summed E-state index contributed by atoms with van der Waals surface area (Å²) in [5, 5.41) is 6.02. The smallest absolute Gasteiger partial charge is 0.236 e. The molecule has 2 fully saturated rings. The minimum Gasteiger partial charge on any atom is -0.359 e. The van der Waals surface area contributed by atoms with Gasteiger partial charge in [-0.15, -0.1) is 0 Å². The van der Waals surface area contributed by atoms with E-state index in [1.54, 1.807) is 7.05 Å². The summed E-state index contributed by atoms with van der Waals surface area (Å²) >= 11 is 0. The fraction of sp³-hybridized carbons (Fsp3) is 0.857. The highest BCUT2D eigenvalue weighted by Crippen LogP contribution is 2.16. The first-order chi connectivity index (χ1) is 9.70. The average Bonchev–Trinajstić information content (AvgIpc) is 2.76. The largest absolute Gasteiger partial charge is 0.359 e. The van der Waals surface area contributed by atoms with Crippen LogP contribution < -0.4 is 10.6 Å². The maximum atomic E-state index is 12.3. The minimum atomic E-state index is 0.0346. The third-order valence-corrected chi connectivity index (χ3v) is 4.17. The Bertz CT molecular complexity index is 340. The minimum absolute atomic E-state index is 0.0346. The molecule has 1 unspecified atom stereocenters. The van der Waals surface area contributed by atoms with Crippen molar-refractivity contribution >= 4 is 11.8 Å². The van der Waals surface area contributed by atoms with Crippen LogP contribution in [0.1, 0.15) is 19.3 Å². The van der Waals surface area contributed by atoms with E-state index in [4.69, 9.17) is 0 Å². The molecule has 0 aromatic heterocycles. The van der Waals surface area contributed by atoms with Gasteiger partial charge in [-0.1, -0.05) is 0 Å². The van der Waals surface area contributed by atoms with Gasteiger partial charge in [0.2, 0.25) is 11.8 Å². The standard InChI is InChI=1S/C14H26N4O2/c1-15-14(20)12-4-2-7-17(10-12)11-13(19)18-8-3-5-16-6-9-18/h12,16H,2-11H2,1H3,(H,15,20).